The van der Waals surface area contributed by atoms with Crippen LogP contribution in [-0.4, -0.2) is 32.2 Å². The normalized spacial score (nSPS) is 13.5. The first-order valence-electron chi connectivity index (χ1n) is 5.49. The SMILES string of the molecule is COCC(CCCl)NCCCC(C)C. The Kier molecular flexibility index (Phi) is 9.90. The number of halogens is 1. The van der Waals surface area contributed by atoms with Crippen LogP contribution in [0.5, 0.6) is 0 Å². The lowest BCUT2D eigenvalue weighted by molar-refractivity contribution is 0.164. The summed E-state index contributed by atoms with van der Waals surface area (Å²) in [6.45, 7) is 6.34. The minimum absolute atomic E-state index is 0.421. The molecule has 0 heterocycles. The van der Waals surface area contributed by atoms with Crippen LogP contribution in [-0.2, 0) is 4.74 Å². The van der Waals surface area contributed by atoms with Crippen LogP contribution in [0.25, 0.3) is 0 Å². The summed E-state index contributed by atoms with van der Waals surface area (Å²) in [4.78, 5) is 0. The molecule has 0 fully saturated rings. The summed E-state index contributed by atoms with van der Waals surface area (Å²) in [6.07, 6.45) is 3.50. The van der Waals surface area contributed by atoms with Gasteiger partial charge in [-0.15, -0.1) is 11.6 Å². The summed E-state index contributed by atoms with van der Waals surface area (Å²) >= 11 is 5.70. The molecule has 0 saturated carbocycles. The van der Waals surface area contributed by atoms with E-state index >= 15 is 0 Å². The van der Waals surface area contributed by atoms with Gasteiger partial charge in [-0.25, -0.2) is 0 Å². The van der Waals surface area contributed by atoms with Crippen molar-refractivity contribution in [3.05, 3.63) is 0 Å². The van der Waals surface area contributed by atoms with Crippen molar-refractivity contribution in [3.8, 4) is 0 Å². The number of alkyl halides is 1. The zero-order chi connectivity index (χ0) is 10.8. The predicted molar refractivity (Wildman–Crippen MR) is 63.1 cm³/mol. The number of hydrogen-bond donors (Lipinski definition) is 1. The molecule has 0 radical (unpaired) electrons. The lowest BCUT2D eigenvalue weighted by Crippen LogP contribution is -2.34. The van der Waals surface area contributed by atoms with E-state index < -0.39 is 0 Å². The summed E-state index contributed by atoms with van der Waals surface area (Å²) in [5.74, 6) is 1.50. The predicted octanol–water partition coefficient (Wildman–Crippen LogP) is 2.66. The molecule has 0 aliphatic heterocycles. The van der Waals surface area contributed by atoms with Crippen molar-refractivity contribution >= 4 is 11.6 Å². The van der Waals surface area contributed by atoms with Crippen LogP contribution in [0.2, 0.25) is 0 Å². The fourth-order valence-corrected chi connectivity index (χ4v) is 1.66. The molecule has 0 aromatic carbocycles. The molecule has 0 saturated heterocycles. The van der Waals surface area contributed by atoms with Crippen LogP contribution in [0.4, 0.5) is 0 Å². The van der Waals surface area contributed by atoms with Gasteiger partial charge in [0.15, 0.2) is 0 Å². The van der Waals surface area contributed by atoms with Gasteiger partial charge in [-0.05, 0) is 31.7 Å². The van der Waals surface area contributed by atoms with Crippen molar-refractivity contribution in [1.82, 2.24) is 5.32 Å². The van der Waals surface area contributed by atoms with Crippen LogP contribution >= 0.6 is 11.6 Å². The molecule has 14 heavy (non-hydrogen) atoms. The zero-order valence-electron chi connectivity index (χ0n) is 9.68. The number of ether oxygens (including phenoxy) is 1. The van der Waals surface area contributed by atoms with E-state index in [-0.39, 0.29) is 0 Å². The molecule has 0 aliphatic carbocycles. The third-order valence-electron chi connectivity index (χ3n) is 2.22. The van der Waals surface area contributed by atoms with Gasteiger partial charge in [0.05, 0.1) is 6.61 Å². The zero-order valence-corrected chi connectivity index (χ0v) is 10.4. The Bertz CT molecular complexity index is 114. The van der Waals surface area contributed by atoms with Crippen LogP contribution < -0.4 is 5.32 Å². The van der Waals surface area contributed by atoms with Crippen LogP contribution in [0.1, 0.15) is 33.1 Å². The first kappa shape index (κ1) is 14.2. The van der Waals surface area contributed by atoms with Gasteiger partial charge in [0.2, 0.25) is 0 Å². The van der Waals surface area contributed by atoms with E-state index in [4.69, 9.17) is 16.3 Å². The third-order valence-corrected chi connectivity index (χ3v) is 2.43. The van der Waals surface area contributed by atoms with Crippen molar-refractivity contribution in [2.45, 2.75) is 39.2 Å². The second kappa shape index (κ2) is 9.75. The van der Waals surface area contributed by atoms with Gasteiger partial charge in [-0.3, -0.25) is 0 Å². The fraction of sp³-hybridized carbons (Fsp3) is 1.00. The van der Waals surface area contributed by atoms with Crippen LogP contribution in [0.15, 0.2) is 0 Å². The number of nitrogens with one attached hydrogen (secondary N) is 1. The molecule has 0 aromatic rings. The molecule has 1 N–H and O–H groups in total. The minimum Gasteiger partial charge on any atom is -0.383 e. The Balaban J connectivity index is 3.40. The Morgan fingerprint density at radius 3 is 2.50 bits per heavy atom. The van der Waals surface area contributed by atoms with E-state index in [0.29, 0.717) is 11.9 Å². The largest absolute Gasteiger partial charge is 0.383 e. The molecule has 86 valence electrons. The summed E-state index contributed by atoms with van der Waals surface area (Å²) in [7, 11) is 1.73. The van der Waals surface area contributed by atoms with Gasteiger partial charge in [0, 0.05) is 19.0 Å². The standard InChI is InChI=1S/C11H24ClNO/c1-10(2)5-4-8-13-11(6-7-12)9-14-3/h10-11,13H,4-9H2,1-3H3. The highest BCUT2D eigenvalue weighted by Gasteiger charge is 2.06. The molecule has 1 atom stereocenters. The Morgan fingerprint density at radius 1 is 1.29 bits per heavy atom. The van der Waals surface area contributed by atoms with Crippen LogP contribution in [0.3, 0.4) is 0 Å². The molecular formula is C11H24ClNO. The molecule has 2 nitrogen and oxygen atoms in total. The second-order valence-corrected chi connectivity index (χ2v) is 4.50. The highest BCUT2D eigenvalue weighted by atomic mass is 35.5. The summed E-state index contributed by atoms with van der Waals surface area (Å²) in [6, 6.07) is 0.421. The minimum atomic E-state index is 0.421. The van der Waals surface area contributed by atoms with E-state index in [1.165, 1.54) is 12.8 Å². The first-order chi connectivity index (χ1) is 6.70. The fourth-order valence-electron chi connectivity index (χ4n) is 1.39. The second-order valence-electron chi connectivity index (χ2n) is 4.12. The highest BCUT2D eigenvalue weighted by molar-refractivity contribution is 6.17. The molecule has 1 unspecified atom stereocenters. The van der Waals surface area contributed by atoms with Crippen molar-refractivity contribution in [2.24, 2.45) is 5.92 Å². The van der Waals surface area contributed by atoms with Gasteiger partial charge < -0.3 is 10.1 Å². The Labute approximate surface area is 93.4 Å². The van der Waals surface area contributed by atoms with E-state index in [0.717, 1.165) is 25.5 Å². The highest BCUT2D eigenvalue weighted by Crippen LogP contribution is 2.03. The average molecular weight is 222 g/mol. The number of methoxy groups -OCH3 is 1. The van der Waals surface area contributed by atoms with E-state index in [9.17, 15) is 0 Å². The Hall–Kier alpha value is 0.210. The Morgan fingerprint density at radius 2 is 2.00 bits per heavy atom. The molecule has 0 amide bonds. The van der Waals surface area contributed by atoms with E-state index in [1.807, 2.05) is 0 Å². The van der Waals surface area contributed by atoms with Crippen molar-refractivity contribution in [1.29, 1.82) is 0 Å². The molecule has 3 heteroatoms. The molecule has 0 aromatic heterocycles. The summed E-state index contributed by atoms with van der Waals surface area (Å²) < 4.78 is 5.11. The van der Waals surface area contributed by atoms with Gasteiger partial charge >= 0.3 is 0 Å². The molecule has 0 spiro atoms. The number of hydrogen-bond acceptors (Lipinski definition) is 2. The summed E-state index contributed by atoms with van der Waals surface area (Å²) in [5.41, 5.74) is 0. The van der Waals surface area contributed by atoms with Crippen molar-refractivity contribution < 1.29 is 4.74 Å². The van der Waals surface area contributed by atoms with E-state index in [2.05, 4.69) is 19.2 Å². The average Bonchev–Trinajstić information content (AvgIpc) is 2.12. The molecule has 0 aliphatic rings. The van der Waals surface area contributed by atoms with E-state index in [1.54, 1.807) is 7.11 Å². The molecule has 0 bridgehead atoms. The smallest absolute Gasteiger partial charge is 0.0616 e. The number of rotatable bonds is 9. The maximum Gasteiger partial charge on any atom is 0.0616 e. The molecule has 0 rings (SSSR count). The van der Waals surface area contributed by atoms with Gasteiger partial charge in [-0.1, -0.05) is 13.8 Å². The third kappa shape index (κ3) is 8.79. The lowest BCUT2D eigenvalue weighted by Gasteiger charge is -2.16. The monoisotopic (exact) mass is 221 g/mol. The van der Waals surface area contributed by atoms with Gasteiger partial charge in [-0.2, -0.15) is 0 Å². The van der Waals surface area contributed by atoms with Crippen LogP contribution in [0, 0.1) is 5.92 Å². The van der Waals surface area contributed by atoms with Gasteiger partial charge in [0.25, 0.3) is 0 Å². The van der Waals surface area contributed by atoms with Crippen molar-refractivity contribution in [2.75, 3.05) is 26.1 Å². The maximum absolute atomic E-state index is 5.70. The first-order valence-corrected chi connectivity index (χ1v) is 6.02. The maximum atomic E-state index is 5.70. The lowest BCUT2D eigenvalue weighted by atomic mass is 10.1. The van der Waals surface area contributed by atoms with Gasteiger partial charge in [0.1, 0.15) is 0 Å². The van der Waals surface area contributed by atoms with Crippen molar-refractivity contribution in [3.63, 3.8) is 0 Å². The summed E-state index contributed by atoms with van der Waals surface area (Å²) in [5, 5.41) is 3.47. The molecular weight excluding hydrogens is 198 g/mol. The quantitative estimate of drug-likeness (QED) is 0.478. The topological polar surface area (TPSA) is 21.3 Å².